The van der Waals surface area contributed by atoms with Crippen LogP contribution >= 0.6 is 12.6 Å². The second-order valence-corrected chi connectivity index (χ2v) is 4.53. The van der Waals surface area contributed by atoms with Gasteiger partial charge in [-0.3, -0.25) is 4.79 Å². The summed E-state index contributed by atoms with van der Waals surface area (Å²) in [5, 5.41) is 0. The fourth-order valence-electron chi connectivity index (χ4n) is 1.94. The summed E-state index contributed by atoms with van der Waals surface area (Å²) in [5.41, 5.74) is 0.134. The second-order valence-electron chi connectivity index (χ2n) is 4.02. The molecular weight excluding hydrogens is 225 g/mol. The van der Waals surface area contributed by atoms with Crippen LogP contribution in [-0.2, 0) is 0 Å². The van der Waals surface area contributed by atoms with Crippen LogP contribution in [0.15, 0.2) is 23.1 Å². The molecule has 0 N–H and O–H groups in total. The molecule has 1 amide bonds. The van der Waals surface area contributed by atoms with Gasteiger partial charge >= 0.3 is 0 Å². The lowest BCUT2D eigenvalue weighted by Crippen LogP contribution is -2.36. The zero-order valence-electron chi connectivity index (χ0n) is 8.95. The summed E-state index contributed by atoms with van der Waals surface area (Å²) < 4.78 is 13.5. The number of hydrogen-bond donors (Lipinski definition) is 1. The third kappa shape index (κ3) is 2.38. The van der Waals surface area contributed by atoms with Gasteiger partial charge in [-0.1, -0.05) is 0 Å². The van der Waals surface area contributed by atoms with Crippen molar-refractivity contribution in [2.24, 2.45) is 0 Å². The van der Waals surface area contributed by atoms with Gasteiger partial charge in [0.15, 0.2) is 0 Å². The third-order valence-corrected chi connectivity index (χ3v) is 3.10. The summed E-state index contributed by atoms with van der Waals surface area (Å²) in [6.45, 7) is 1.46. The lowest BCUT2D eigenvalue weighted by atomic mass is 10.1. The van der Waals surface area contributed by atoms with Gasteiger partial charge in [-0.25, -0.2) is 4.39 Å². The number of likely N-dealkylation sites (tertiary alicyclic amines) is 1. The van der Waals surface area contributed by atoms with Gasteiger partial charge in [0.25, 0.3) is 5.91 Å². The van der Waals surface area contributed by atoms with E-state index in [1.54, 1.807) is 11.0 Å². The second kappa shape index (κ2) is 4.87. The normalized spacial score (nSPS) is 16.2. The maximum atomic E-state index is 13.5. The number of thiol groups is 1. The van der Waals surface area contributed by atoms with Crippen molar-refractivity contribution < 1.29 is 9.18 Å². The topological polar surface area (TPSA) is 20.3 Å². The van der Waals surface area contributed by atoms with E-state index in [0.29, 0.717) is 4.90 Å². The molecule has 2 nitrogen and oxygen atoms in total. The lowest BCUT2D eigenvalue weighted by Gasteiger charge is -2.26. The minimum Gasteiger partial charge on any atom is -0.339 e. The number of carbonyl (C=O) groups excluding carboxylic acids is 1. The van der Waals surface area contributed by atoms with Crippen LogP contribution in [0.1, 0.15) is 29.6 Å². The Morgan fingerprint density at radius 1 is 1.25 bits per heavy atom. The van der Waals surface area contributed by atoms with E-state index in [-0.39, 0.29) is 11.5 Å². The van der Waals surface area contributed by atoms with E-state index in [2.05, 4.69) is 12.6 Å². The van der Waals surface area contributed by atoms with Gasteiger partial charge in [0, 0.05) is 18.0 Å². The molecule has 0 aromatic heterocycles. The van der Waals surface area contributed by atoms with Crippen molar-refractivity contribution in [3.8, 4) is 0 Å². The van der Waals surface area contributed by atoms with Gasteiger partial charge in [0.05, 0.1) is 5.56 Å². The molecule has 2 rings (SSSR count). The molecule has 1 aromatic rings. The van der Waals surface area contributed by atoms with Crippen LogP contribution in [0.5, 0.6) is 0 Å². The molecule has 0 spiro atoms. The van der Waals surface area contributed by atoms with Crippen molar-refractivity contribution in [2.45, 2.75) is 24.2 Å². The predicted octanol–water partition coefficient (Wildman–Crippen LogP) is 2.74. The van der Waals surface area contributed by atoms with Gasteiger partial charge in [-0.15, -0.1) is 12.6 Å². The van der Waals surface area contributed by atoms with Crippen LogP contribution in [0.4, 0.5) is 4.39 Å². The Morgan fingerprint density at radius 3 is 2.62 bits per heavy atom. The van der Waals surface area contributed by atoms with Gasteiger partial charge < -0.3 is 4.90 Å². The molecule has 1 aliphatic rings. The van der Waals surface area contributed by atoms with E-state index in [1.165, 1.54) is 12.1 Å². The van der Waals surface area contributed by atoms with Crippen molar-refractivity contribution in [3.63, 3.8) is 0 Å². The number of hydrogen-bond acceptors (Lipinski definition) is 2. The average Bonchev–Trinajstić information content (AvgIpc) is 2.32. The summed E-state index contributed by atoms with van der Waals surface area (Å²) >= 11 is 4.12. The highest BCUT2D eigenvalue weighted by Crippen LogP contribution is 2.18. The average molecular weight is 239 g/mol. The predicted molar refractivity (Wildman–Crippen MR) is 63.4 cm³/mol. The largest absolute Gasteiger partial charge is 0.339 e. The van der Waals surface area contributed by atoms with E-state index >= 15 is 0 Å². The Bertz CT molecular complexity index is 402. The third-order valence-electron chi connectivity index (χ3n) is 2.82. The van der Waals surface area contributed by atoms with Crippen LogP contribution < -0.4 is 0 Å². The summed E-state index contributed by atoms with van der Waals surface area (Å²) in [4.78, 5) is 14.4. The van der Waals surface area contributed by atoms with Crippen LogP contribution in [0.3, 0.4) is 0 Å². The lowest BCUT2D eigenvalue weighted by molar-refractivity contribution is 0.0719. The number of carbonyl (C=O) groups is 1. The Kier molecular flexibility index (Phi) is 3.49. The van der Waals surface area contributed by atoms with Gasteiger partial charge in [0.2, 0.25) is 0 Å². The van der Waals surface area contributed by atoms with Crippen molar-refractivity contribution in [1.82, 2.24) is 4.90 Å². The van der Waals surface area contributed by atoms with E-state index in [0.717, 1.165) is 32.4 Å². The minimum absolute atomic E-state index is 0.134. The van der Waals surface area contributed by atoms with E-state index in [4.69, 9.17) is 0 Å². The molecule has 1 aromatic carbocycles. The van der Waals surface area contributed by atoms with Crippen LogP contribution in [0.25, 0.3) is 0 Å². The first kappa shape index (κ1) is 11.5. The molecule has 1 saturated heterocycles. The highest BCUT2D eigenvalue weighted by atomic mass is 32.1. The van der Waals surface area contributed by atoms with Crippen LogP contribution in [0, 0.1) is 5.82 Å². The molecule has 0 saturated carbocycles. The highest BCUT2D eigenvalue weighted by Gasteiger charge is 2.20. The molecule has 0 unspecified atom stereocenters. The van der Waals surface area contributed by atoms with Crippen molar-refractivity contribution >= 4 is 18.5 Å². The first-order valence-corrected chi connectivity index (χ1v) is 5.91. The molecule has 4 heteroatoms. The first-order chi connectivity index (χ1) is 7.68. The number of piperidine rings is 1. The Morgan fingerprint density at radius 2 is 1.94 bits per heavy atom. The first-order valence-electron chi connectivity index (χ1n) is 5.46. The fourth-order valence-corrected chi connectivity index (χ4v) is 2.15. The van der Waals surface area contributed by atoms with E-state index < -0.39 is 5.82 Å². The molecule has 0 bridgehead atoms. The minimum atomic E-state index is -0.464. The molecule has 0 radical (unpaired) electrons. The highest BCUT2D eigenvalue weighted by molar-refractivity contribution is 7.80. The molecule has 16 heavy (non-hydrogen) atoms. The molecule has 1 heterocycles. The van der Waals surface area contributed by atoms with Gasteiger partial charge in [-0.05, 0) is 37.5 Å². The van der Waals surface area contributed by atoms with Crippen LogP contribution in [0.2, 0.25) is 0 Å². The zero-order valence-corrected chi connectivity index (χ0v) is 9.84. The van der Waals surface area contributed by atoms with Crippen molar-refractivity contribution in [3.05, 3.63) is 29.6 Å². The molecule has 0 aliphatic carbocycles. The molecule has 0 atom stereocenters. The fraction of sp³-hybridized carbons (Fsp3) is 0.417. The summed E-state index contributed by atoms with van der Waals surface area (Å²) in [7, 11) is 0. The van der Waals surface area contributed by atoms with Crippen molar-refractivity contribution in [1.29, 1.82) is 0 Å². The van der Waals surface area contributed by atoms with Gasteiger partial charge in [-0.2, -0.15) is 0 Å². The SMILES string of the molecule is O=C(c1cc(S)ccc1F)N1CCCCC1. The van der Waals surface area contributed by atoms with E-state index in [1.807, 2.05) is 0 Å². The monoisotopic (exact) mass is 239 g/mol. The number of benzene rings is 1. The maximum absolute atomic E-state index is 13.5. The standard InChI is InChI=1S/C12H14FNOS/c13-11-5-4-9(16)8-10(11)12(15)14-6-2-1-3-7-14/h4-5,8,16H,1-3,6-7H2. The Balaban J connectivity index is 2.22. The summed E-state index contributed by atoms with van der Waals surface area (Å²) in [6, 6.07) is 4.33. The Labute approximate surface area is 99.9 Å². The number of rotatable bonds is 1. The molecular formula is C12H14FNOS. The number of amides is 1. The van der Waals surface area contributed by atoms with Crippen LogP contribution in [-0.4, -0.2) is 23.9 Å². The zero-order chi connectivity index (χ0) is 11.5. The number of nitrogens with zero attached hydrogens (tertiary/aromatic N) is 1. The van der Waals surface area contributed by atoms with Crippen molar-refractivity contribution in [2.75, 3.05) is 13.1 Å². The maximum Gasteiger partial charge on any atom is 0.256 e. The smallest absolute Gasteiger partial charge is 0.256 e. The quantitative estimate of drug-likeness (QED) is 0.747. The summed E-state index contributed by atoms with van der Waals surface area (Å²) in [5.74, 6) is -0.679. The molecule has 1 fully saturated rings. The molecule has 1 aliphatic heterocycles. The van der Waals surface area contributed by atoms with E-state index in [9.17, 15) is 9.18 Å². The summed E-state index contributed by atoms with van der Waals surface area (Å²) in [6.07, 6.45) is 3.17. The molecule has 86 valence electrons. The Hall–Kier alpha value is -1.03. The van der Waals surface area contributed by atoms with Gasteiger partial charge in [0.1, 0.15) is 5.82 Å². The number of halogens is 1.